The Morgan fingerprint density at radius 1 is 1.00 bits per heavy atom. The number of halogens is 1. The summed E-state index contributed by atoms with van der Waals surface area (Å²) in [5, 5.41) is 17.5. The van der Waals surface area contributed by atoms with Crippen LogP contribution < -0.4 is 20.4 Å². The highest BCUT2D eigenvalue weighted by Crippen LogP contribution is 2.30. The summed E-state index contributed by atoms with van der Waals surface area (Å²) >= 11 is 11.9. The van der Waals surface area contributed by atoms with Crippen LogP contribution in [0.15, 0.2) is 36.4 Å². The lowest BCUT2D eigenvalue weighted by molar-refractivity contribution is -0.384. The zero-order valence-electron chi connectivity index (χ0n) is 21.8. The van der Waals surface area contributed by atoms with Crippen molar-refractivity contribution >= 4 is 63.5 Å². The minimum atomic E-state index is -0.561. The van der Waals surface area contributed by atoms with Gasteiger partial charge < -0.3 is 24.8 Å². The number of carbonyl (C=O) groups is 2. The second kappa shape index (κ2) is 12.6. The molecule has 0 radical (unpaired) electrons. The fourth-order valence-corrected chi connectivity index (χ4v) is 5.12. The maximum Gasteiger partial charge on any atom is 0.270 e. The van der Waals surface area contributed by atoms with Crippen molar-refractivity contribution in [2.75, 3.05) is 67.6 Å². The first-order chi connectivity index (χ1) is 18.6. The van der Waals surface area contributed by atoms with Gasteiger partial charge in [-0.2, -0.15) is 0 Å². The van der Waals surface area contributed by atoms with Crippen LogP contribution in [-0.2, 0) is 9.53 Å². The smallest absolute Gasteiger partial charge is 0.270 e. The van der Waals surface area contributed by atoms with Gasteiger partial charge in [-0.05, 0) is 36.5 Å². The van der Waals surface area contributed by atoms with Crippen molar-refractivity contribution < 1.29 is 19.2 Å². The van der Waals surface area contributed by atoms with Gasteiger partial charge in [0, 0.05) is 63.0 Å². The average molecular weight is 575 g/mol. The molecule has 0 saturated carbocycles. The Bertz CT molecular complexity index is 1260. The van der Waals surface area contributed by atoms with Gasteiger partial charge >= 0.3 is 0 Å². The molecule has 0 bridgehead atoms. The van der Waals surface area contributed by atoms with Crippen molar-refractivity contribution in [2.45, 2.75) is 13.8 Å². The molecule has 0 aliphatic carbocycles. The van der Waals surface area contributed by atoms with Crippen molar-refractivity contribution in [3.05, 3.63) is 57.1 Å². The molecule has 2 saturated heterocycles. The number of hydrogen-bond acceptors (Lipinski definition) is 8. The average Bonchev–Trinajstić information content (AvgIpc) is 2.92. The monoisotopic (exact) mass is 574 g/mol. The second-order valence-electron chi connectivity index (χ2n) is 9.60. The van der Waals surface area contributed by atoms with Crippen LogP contribution in [0, 0.1) is 16.0 Å². The fraction of sp³-hybridized carbons (Fsp3) is 0.423. The number of thiocarbonyl (C=S) groups is 1. The predicted molar refractivity (Wildman–Crippen MR) is 155 cm³/mol. The molecule has 0 atom stereocenters. The number of nitro benzene ring substituents is 1. The second-order valence-corrected chi connectivity index (χ2v) is 10.4. The van der Waals surface area contributed by atoms with Gasteiger partial charge in [0.05, 0.1) is 40.1 Å². The third-order valence-electron chi connectivity index (χ3n) is 6.65. The summed E-state index contributed by atoms with van der Waals surface area (Å²) in [7, 11) is 0. The molecule has 39 heavy (non-hydrogen) atoms. The summed E-state index contributed by atoms with van der Waals surface area (Å²) in [6.45, 7) is 8.54. The van der Waals surface area contributed by atoms with Crippen molar-refractivity contribution in [3.8, 4) is 0 Å². The van der Waals surface area contributed by atoms with Crippen LogP contribution >= 0.6 is 23.8 Å². The number of morpholine rings is 1. The van der Waals surface area contributed by atoms with Crippen LogP contribution in [0.1, 0.15) is 24.2 Å². The topological polar surface area (TPSA) is 120 Å². The number of piperazine rings is 1. The summed E-state index contributed by atoms with van der Waals surface area (Å²) in [6, 6.07) is 9.59. The van der Waals surface area contributed by atoms with Crippen molar-refractivity contribution in [1.82, 2.24) is 10.2 Å². The molecule has 2 aromatic rings. The Balaban J connectivity index is 1.41. The van der Waals surface area contributed by atoms with Crippen LogP contribution in [0.4, 0.5) is 22.7 Å². The van der Waals surface area contributed by atoms with Gasteiger partial charge in [-0.15, -0.1) is 0 Å². The Morgan fingerprint density at radius 3 is 2.26 bits per heavy atom. The highest BCUT2D eigenvalue weighted by Gasteiger charge is 2.25. The molecule has 2 amide bonds. The molecule has 208 valence electrons. The molecule has 2 fully saturated rings. The number of nitrogens with zero attached hydrogens (tertiary/aromatic N) is 4. The van der Waals surface area contributed by atoms with E-state index >= 15 is 0 Å². The maximum absolute atomic E-state index is 13.1. The quantitative estimate of drug-likeness (QED) is 0.303. The summed E-state index contributed by atoms with van der Waals surface area (Å²) in [5.74, 6) is -0.440. The summed E-state index contributed by atoms with van der Waals surface area (Å²) in [6.07, 6.45) is 0. The summed E-state index contributed by atoms with van der Waals surface area (Å²) < 4.78 is 5.38. The summed E-state index contributed by atoms with van der Waals surface area (Å²) in [4.78, 5) is 42.2. The Morgan fingerprint density at radius 2 is 1.64 bits per heavy atom. The van der Waals surface area contributed by atoms with Crippen molar-refractivity contribution in [3.63, 3.8) is 0 Å². The first-order valence-corrected chi connectivity index (χ1v) is 13.5. The van der Waals surface area contributed by atoms with Crippen LogP contribution in [0.2, 0.25) is 5.02 Å². The molecular weight excluding hydrogens is 544 g/mol. The van der Waals surface area contributed by atoms with E-state index in [9.17, 15) is 19.7 Å². The predicted octanol–water partition coefficient (Wildman–Crippen LogP) is 3.52. The number of rotatable bonds is 6. The number of nitro groups is 1. The van der Waals surface area contributed by atoms with E-state index < -0.39 is 10.8 Å². The van der Waals surface area contributed by atoms with E-state index in [1.807, 2.05) is 29.7 Å². The zero-order chi connectivity index (χ0) is 28.1. The van der Waals surface area contributed by atoms with E-state index in [1.165, 1.54) is 12.1 Å². The van der Waals surface area contributed by atoms with E-state index in [0.717, 1.165) is 5.69 Å². The van der Waals surface area contributed by atoms with Crippen molar-refractivity contribution in [1.29, 1.82) is 0 Å². The number of non-ortho nitro benzene ring substituents is 1. The first kappa shape index (κ1) is 28.5. The molecule has 4 rings (SSSR count). The van der Waals surface area contributed by atoms with E-state index in [1.54, 1.807) is 18.2 Å². The molecule has 2 heterocycles. The van der Waals surface area contributed by atoms with Gasteiger partial charge in [-0.3, -0.25) is 25.0 Å². The number of carbonyl (C=O) groups excluding carboxylic acids is 2. The van der Waals surface area contributed by atoms with Gasteiger partial charge in [0.1, 0.15) is 0 Å². The third kappa shape index (κ3) is 6.94. The summed E-state index contributed by atoms with van der Waals surface area (Å²) in [5.41, 5.74) is 1.97. The lowest BCUT2D eigenvalue weighted by Gasteiger charge is -2.37. The highest BCUT2D eigenvalue weighted by molar-refractivity contribution is 7.80. The largest absolute Gasteiger partial charge is 0.378 e. The first-order valence-electron chi connectivity index (χ1n) is 12.7. The fourth-order valence-electron chi connectivity index (χ4n) is 4.61. The minimum absolute atomic E-state index is 0.0298. The molecule has 2 N–H and O–H groups in total. The molecule has 11 nitrogen and oxygen atoms in total. The number of ether oxygens (including phenoxy) is 1. The Hall–Kier alpha value is -3.48. The molecule has 0 spiro atoms. The van der Waals surface area contributed by atoms with Gasteiger partial charge in [0.25, 0.3) is 11.6 Å². The van der Waals surface area contributed by atoms with E-state index in [4.69, 9.17) is 28.6 Å². The van der Waals surface area contributed by atoms with E-state index in [2.05, 4.69) is 15.5 Å². The van der Waals surface area contributed by atoms with E-state index in [0.29, 0.717) is 68.9 Å². The number of benzene rings is 2. The normalized spacial score (nSPS) is 15.7. The van der Waals surface area contributed by atoms with Crippen LogP contribution in [0.25, 0.3) is 0 Å². The number of anilines is 3. The molecule has 2 aromatic carbocycles. The van der Waals surface area contributed by atoms with Gasteiger partial charge in [0.2, 0.25) is 5.91 Å². The Labute approximate surface area is 237 Å². The number of amides is 2. The van der Waals surface area contributed by atoms with Crippen LogP contribution in [-0.4, -0.2) is 79.2 Å². The van der Waals surface area contributed by atoms with Crippen LogP contribution in [0.3, 0.4) is 0 Å². The zero-order valence-corrected chi connectivity index (χ0v) is 23.4. The molecule has 0 unspecified atom stereocenters. The standard InChI is InChI=1S/C26H31ClN6O5S/c1-17(2)25(35)32-9-7-30(8-10-32)23-5-3-18(15-21(23)27)28-26(39)29-24(34)20-16-19(33(36)37)4-6-22(20)31-11-13-38-14-12-31/h3-6,15-17H,7-14H2,1-2H3,(H2,28,29,34,39). The van der Waals surface area contributed by atoms with E-state index in [-0.39, 0.29) is 28.2 Å². The molecular formula is C26H31ClN6O5S. The third-order valence-corrected chi connectivity index (χ3v) is 7.15. The molecule has 0 aromatic heterocycles. The minimum Gasteiger partial charge on any atom is -0.378 e. The number of hydrogen-bond donors (Lipinski definition) is 2. The highest BCUT2D eigenvalue weighted by atomic mass is 35.5. The van der Waals surface area contributed by atoms with Gasteiger partial charge in [0.15, 0.2) is 5.11 Å². The SMILES string of the molecule is CC(C)C(=O)N1CCN(c2ccc(NC(=S)NC(=O)c3cc([N+](=O)[O-])ccc3N3CCOCC3)cc2Cl)CC1. The maximum atomic E-state index is 13.1. The van der Waals surface area contributed by atoms with Gasteiger partial charge in [-0.1, -0.05) is 25.4 Å². The molecule has 2 aliphatic heterocycles. The van der Waals surface area contributed by atoms with Crippen LogP contribution in [0.5, 0.6) is 0 Å². The molecule has 13 heteroatoms. The lowest BCUT2D eigenvalue weighted by atomic mass is 10.1. The lowest BCUT2D eigenvalue weighted by Crippen LogP contribution is -2.50. The Kier molecular flexibility index (Phi) is 9.20. The van der Waals surface area contributed by atoms with Gasteiger partial charge in [-0.25, -0.2) is 0 Å². The molecule has 2 aliphatic rings. The van der Waals surface area contributed by atoms with Crippen molar-refractivity contribution in [2.24, 2.45) is 5.92 Å². The number of nitrogens with one attached hydrogen (secondary N) is 2.